The Kier molecular flexibility index (Phi) is 8.29. The number of carbonyl (C=O) groups is 1. The van der Waals surface area contributed by atoms with E-state index in [0.29, 0.717) is 0 Å². The topological polar surface area (TPSA) is 42.0 Å². The summed E-state index contributed by atoms with van der Waals surface area (Å²) in [7, 11) is 0. The van der Waals surface area contributed by atoms with Crippen LogP contribution < -0.4 is 5.32 Å². The second-order valence-electron chi connectivity index (χ2n) is 6.46. The van der Waals surface area contributed by atoms with Crippen molar-refractivity contribution in [2.75, 3.05) is 6.54 Å². The summed E-state index contributed by atoms with van der Waals surface area (Å²) in [6.45, 7) is 3.01. The van der Waals surface area contributed by atoms with Crippen molar-refractivity contribution < 1.29 is 4.79 Å². The van der Waals surface area contributed by atoms with Crippen LogP contribution in [0.4, 0.5) is 0 Å². The van der Waals surface area contributed by atoms with E-state index < -0.39 is 0 Å². The number of hydrogen-bond acceptors (Lipinski definition) is 2. The lowest BCUT2D eigenvalue weighted by Gasteiger charge is -2.08. The molecule has 0 atom stereocenters. The molecule has 2 aromatic rings. The minimum Gasteiger partial charge on any atom is -0.352 e. The lowest BCUT2D eigenvalue weighted by Crippen LogP contribution is -2.24. The van der Waals surface area contributed by atoms with Gasteiger partial charge in [-0.05, 0) is 24.6 Å². The molecule has 2 rings (SSSR count). The molecule has 1 amide bonds. The number of unbranched alkanes of at least 4 members (excludes halogenated alkanes) is 8. The molecule has 0 spiro atoms. The number of rotatable bonds is 11. The number of fused-ring (bicyclic) bond motifs is 1. The van der Waals surface area contributed by atoms with Crippen molar-refractivity contribution in [2.45, 2.75) is 64.7 Å². The fourth-order valence-corrected chi connectivity index (χ4v) is 3.03. The first kappa shape index (κ1) is 18.4. The van der Waals surface area contributed by atoms with Gasteiger partial charge in [-0.3, -0.25) is 9.78 Å². The van der Waals surface area contributed by atoms with Gasteiger partial charge in [0, 0.05) is 23.7 Å². The number of nitrogens with one attached hydrogen (secondary N) is 1. The Morgan fingerprint density at radius 3 is 2.38 bits per heavy atom. The van der Waals surface area contributed by atoms with Gasteiger partial charge in [0.05, 0.1) is 5.52 Å². The summed E-state index contributed by atoms with van der Waals surface area (Å²) in [6.07, 6.45) is 13.4. The van der Waals surface area contributed by atoms with Crippen LogP contribution in [0.15, 0.2) is 36.5 Å². The third-order valence-electron chi connectivity index (χ3n) is 4.46. The third-order valence-corrected chi connectivity index (χ3v) is 4.46. The Balaban J connectivity index is 1.63. The van der Waals surface area contributed by atoms with Crippen molar-refractivity contribution in [3.8, 4) is 0 Å². The molecule has 130 valence electrons. The number of hydrogen-bond donors (Lipinski definition) is 1. The molecular formula is C21H30N2O. The SMILES string of the molecule is CCCCCCCCCCCNC(=O)c1cccc2ncccc12. The summed E-state index contributed by atoms with van der Waals surface area (Å²) in [6, 6.07) is 9.53. The van der Waals surface area contributed by atoms with Crippen LogP contribution in [0.2, 0.25) is 0 Å². The van der Waals surface area contributed by atoms with Crippen molar-refractivity contribution in [3.05, 3.63) is 42.1 Å². The van der Waals surface area contributed by atoms with Gasteiger partial charge in [-0.15, -0.1) is 0 Å². The first-order valence-electron chi connectivity index (χ1n) is 9.45. The predicted octanol–water partition coefficient (Wildman–Crippen LogP) is 5.50. The zero-order valence-corrected chi connectivity index (χ0v) is 14.9. The van der Waals surface area contributed by atoms with Crippen molar-refractivity contribution in [3.63, 3.8) is 0 Å². The first-order valence-corrected chi connectivity index (χ1v) is 9.45. The number of pyridine rings is 1. The van der Waals surface area contributed by atoms with Crippen LogP contribution in [0.1, 0.15) is 75.1 Å². The van der Waals surface area contributed by atoms with Crippen LogP contribution in [-0.2, 0) is 0 Å². The normalized spacial score (nSPS) is 10.9. The van der Waals surface area contributed by atoms with E-state index in [1.165, 1.54) is 51.4 Å². The van der Waals surface area contributed by atoms with Gasteiger partial charge in [-0.25, -0.2) is 0 Å². The summed E-state index contributed by atoms with van der Waals surface area (Å²) in [5.74, 6) is 0.00756. The number of amides is 1. The highest BCUT2D eigenvalue weighted by Crippen LogP contribution is 2.16. The molecule has 0 aliphatic rings. The average Bonchev–Trinajstić information content (AvgIpc) is 2.62. The Morgan fingerprint density at radius 1 is 0.917 bits per heavy atom. The highest BCUT2D eigenvalue weighted by molar-refractivity contribution is 6.06. The fraction of sp³-hybridized carbons (Fsp3) is 0.524. The molecule has 3 nitrogen and oxygen atoms in total. The monoisotopic (exact) mass is 326 g/mol. The molecule has 0 aliphatic heterocycles. The predicted molar refractivity (Wildman–Crippen MR) is 101 cm³/mol. The number of benzene rings is 1. The van der Waals surface area contributed by atoms with Crippen LogP contribution in [-0.4, -0.2) is 17.4 Å². The van der Waals surface area contributed by atoms with E-state index >= 15 is 0 Å². The lowest BCUT2D eigenvalue weighted by atomic mass is 10.1. The second-order valence-corrected chi connectivity index (χ2v) is 6.46. The Morgan fingerprint density at radius 2 is 1.62 bits per heavy atom. The molecule has 0 aliphatic carbocycles. The summed E-state index contributed by atoms with van der Waals surface area (Å²) in [5, 5.41) is 3.96. The maximum absolute atomic E-state index is 12.4. The lowest BCUT2D eigenvalue weighted by molar-refractivity contribution is 0.0954. The van der Waals surface area contributed by atoms with E-state index in [-0.39, 0.29) is 5.91 Å². The molecule has 0 unspecified atom stereocenters. The van der Waals surface area contributed by atoms with E-state index in [9.17, 15) is 4.79 Å². The van der Waals surface area contributed by atoms with Gasteiger partial charge in [0.15, 0.2) is 0 Å². The van der Waals surface area contributed by atoms with Crippen molar-refractivity contribution in [1.82, 2.24) is 10.3 Å². The van der Waals surface area contributed by atoms with Crippen LogP contribution in [0, 0.1) is 0 Å². The van der Waals surface area contributed by atoms with Gasteiger partial charge in [0.25, 0.3) is 5.91 Å². The summed E-state index contributed by atoms with van der Waals surface area (Å²) in [5.41, 5.74) is 1.59. The van der Waals surface area contributed by atoms with E-state index in [1.807, 2.05) is 30.3 Å². The fourth-order valence-electron chi connectivity index (χ4n) is 3.03. The van der Waals surface area contributed by atoms with Crippen molar-refractivity contribution in [1.29, 1.82) is 0 Å². The van der Waals surface area contributed by atoms with Gasteiger partial charge in [0.2, 0.25) is 0 Å². The highest BCUT2D eigenvalue weighted by atomic mass is 16.1. The molecule has 0 bridgehead atoms. The zero-order chi connectivity index (χ0) is 17.0. The smallest absolute Gasteiger partial charge is 0.251 e. The Labute approximate surface area is 145 Å². The van der Waals surface area contributed by atoms with Crippen LogP contribution >= 0.6 is 0 Å². The van der Waals surface area contributed by atoms with Crippen molar-refractivity contribution in [2.24, 2.45) is 0 Å². The van der Waals surface area contributed by atoms with E-state index in [2.05, 4.69) is 17.2 Å². The summed E-state index contributed by atoms with van der Waals surface area (Å²) < 4.78 is 0. The third kappa shape index (κ3) is 5.95. The minimum absolute atomic E-state index is 0.00756. The van der Waals surface area contributed by atoms with Crippen LogP contribution in [0.3, 0.4) is 0 Å². The molecular weight excluding hydrogens is 296 g/mol. The molecule has 24 heavy (non-hydrogen) atoms. The summed E-state index contributed by atoms with van der Waals surface area (Å²) in [4.78, 5) is 16.7. The second kappa shape index (κ2) is 10.8. The van der Waals surface area contributed by atoms with Gasteiger partial charge < -0.3 is 5.32 Å². The largest absolute Gasteiger partial charge is 0.352 e. The van der Waals surface area contributed by atoms with Gasteiger partial charge in [-0.2, -0.15) is 0 Å². The maximum atomic E-state index is 12.4. The van der Waals surface area contributed by atoms with E-state index in [1.54, 1.807) is 6.20 Å². The molecule has 1 aromatic heterocycles. The van der Waals surface area contributed by atoms with Gasteiger partial charge in [-0.1, -0.05) is 70.4 Å². The van der Waals surface area contributed by atoms with E-state index in [4.69, 9.17) is 0 Å². The number of carbonyl (C=O) groups excluding carboxylic acids is 1. The molecule has 0 saturated heterocycles. The number of nitrogens with zero attached hydrogens (tertiary/aromatic N) is 1. The molecule has 0 radical (unpaired) electrons. The molecule has 0 fully saturated rings. The molecule has 1 N–H and O–H groups in total. The van der Waals surface area contributed by atoms with Gasteiger partial charge >= 0.3 is 0 Å². The molecule has 0 saturated carbocycles. The average molecular weight is 326 g/mol. The highest BCUT2D eigenvalue weighted by Gasteiger charge is 2.09. The molecule has 1 aromatic carbocycles. The maximum Gasteiger partial charge on any atom is 0.251 e. The van der Waals surface area contributed by atoms with Crippen molar-refractivity contribution >= 4 is 16.8 Å². The number of aromatic nitrogens is 1. The minimum atomic E-state index is 0.00756. The molecule has 1 heterocycles. The standard InChI is InChI=1S/C21H30N2O/c1-2-3-4-5-6-7-8-9-10-16-23-21(24)19-13-11-15-20-18(19)14-12-17-22-20/h11-15,17H,2-10,16H2,1H3,(H,23,24). The van der Waals surface area contributed by atoms with E-state index in [0.717, 1.165) is 29.4 Å². The Hall–Kier alpha value is -1.90. The zero-order valence-electron chi connectivity index (χ0n) is 14.9. The summed E-state index contributed by atoms with van der Waals surface area (Å²) >= 11 is 0. The quantitative estimate of drug-likeness (QED) is 0.554. The van der Waals surface area contributed by atoms with Crippen LogP contribution in [0.25, 0.3) is 10.9 Å². The Bertz CT molecular complexity index is 619. The van der Waals surface area contributed by atoms with Gasteiger partial charge in [0.1, 0.15) is 0 Å². The van der Waals surface area contributed by atoms with Crippen LogP contribution in [0.5, 0.6) is 0 Å². The molecule has 3 heteroatoms. The first-order chi connectivity index (χ1) is 11.8.